The maximum absolute atomic E-state index is 11.3. The van der Waals surface area contributed by atoms with Gasteiger partial charge in [-0.3, -0.25) is 9.78 Å². The minimum Gasteiger partial charge on any atom is -0.497 e. The van der Waals surface area contributed by atoms with Crippen LogP contribution in [0.5, 0.6) is 5.75 Å². The number of carboxylic acids is 1. The maximum atomic E-state index is 11.3. The quantitative estimate of drug-likeness (QED) is 0.376. The first-order chi connectivity index (χ1) is 17.4. The third-order valence-electron chi connectivity index (χ3n) is 7.82. The van der Waals surface area contributed by atoms with E-state index >= 15 is 0 Å². The van der Waals surface area contributed by atoms with E-state index in [1.54, 1.807) is 13.3 Å². The molecule has 1 saturated heterocycles. The van der Waals surface area contributed by atoms with Crippen molar-refractivity contribution in [2.45, 2.75) is 51.0 Å². The zero-order valence-electron chi connectivity index (χ0n) is 21.5. The summed E-state index contributed by atoms with van der Waals surface area (Å²) in [5.41, 5.74) is 3.07. The molecule has 1 aromatic carbocycles. The monoisotopic (exact) mass is 493 g/mol. The van der Waals surface area contributed by atoms with Crippen LogP contribution in [0.4, 0.5) is 0 Å². The average molecular weight is 494 g/mol. The number of pyridine rings is 1. The Balaban J connectivity index is 1.36. The van der Waals surface area contributed by atoms with E-state index in [-0.39, 0.29) is 6.42 Å². The van der Waals surface area contributed by atoms with Crippen LogP contribution in [0.25, 0.3) is 10.9 Å². The number of aliphatic hydroxyl groups is 1. The molecule has 194 valence electrons. The molecule has 1 fully saturated rings. The Hall–Kier alpha value is -2.90. The van der Waals surface area contributed by atoms with Crippen molar-refractivity contribution in [2.75, 3.05) is 26.7 Å². The number of aliphatic hydroxyl groups excluding tert-OH is 1. The fourth-order valence-electron chi connectivity index (χ4n) is 5.71. The van der Waals surface area contributed by atoms with E-state index in [0.717, 1.165) is 67.5 Å². The van der Waals surface area contributed by atoms with Gasteiger partial charge in [0, 0.05) is 43.5 Å². The Bertz CT molecular complexity index is 1140. The van der Waals surface area contributed by atoms with E-state index < -0.39 is 12.1 Å². The van der Waals surface area contributed by atoms with Gasteiger partial charge in [0.15, 0.2) is 0 Å². The minimum absolute atomic E-state index is 0.204. The van der Waals surface area contributed by atoms with Crippen molar-refractivity contribution in [3.63, 3.8) is 0 Å². The number of piperidine rings is 1. The third-order valence-corrected chi connectivity index (χ3v) is 7.82. The topological polar surface area (TPSA) is 87.8 Å². The number of aromatic nitrogens is 2. The number of aliphatic carboxylic acids is 1. The number of hydrogen-bond acceptors (Lipinski definition) is 5. The summed E-state index contributed by atoms with van der Waals surface area (Å²) in [4.78, 5) is 18.3. The number of rotatable bonds is 12. The molecule has 0 bridgehead atoms. The number of nitrogens with zero attached hydrogens (tertiary/aromatic N) is 3. The van der Waals surface area contributed by atoms with Crippen molar-refractivity contribution in [1.82, 2.24) is 14.5 Å². The predicted molar refractivity (Wildman–Crippen MR) is 141 cm³/mol. The molecule has 0 aliphatic carbocycles. The second-order valence-electron chi connectivity index (χ2n) is 10.1. The van der Waals surface area contributed by atoms with E-state index in [4.69, 9.17) is 4.74 Å². The van der Waals surface area contributed by atoms with Crippen molar-refractivity contribution >= 4 is 16.9 Å². The van der Waals surface area contributed by atoms with Crippen LogP contribution in [0.2, 0.25) is 0 Å². The summed E-state index contributed by atoms with van der Waals surface area (Å²) in [6.45, 7) is 3.01. The molecule has 2 aromatic heterocycles. The molecule has 0 radical (unpaired) electrons. The molecule has 36 heavy (non-hydrogen) atoms. The van der Waals surface area contributed by atoms with Gasteiger partial charge in [-0.15, -0.1) is 0 Å². The lowest BCUT2D eigenvalue weighted by molar-refractivity contribution is -0.137. The molecule has 0 saturated carbocycles. The van der Waals surface area contributed by atoms with Crippen LogP contribution in [0.3, 0.4) is 0 Å². The molecule has 0 amide bonds. The lowest BCUT2D eigenvalue weighted by atomic mass is 9.79. The molecule has 2 N–H and O–H groups in total. The van der Waals surface area contributed by atoms with Gasteiger partial charge >= 0.3 is 5.97 Å². The van der Waals surface area contributed by atoms with Gasteiger partial charge in [0.2, 0.25) is 0 Å². The molecule has 1 unspecified atom stereocenters. The highest BCUT2D eigenvalue weighted by Gasteiger charge is 2.30. The Labute approximate surface area is 213 Å². The average Bonchev–Trinajstić information content (AvgIpc) is 3.30. The number of fused-ring (bicyclic) bond motifs is 1. The van der Waals surface area contributed by atoms with Gasteiger partial charge in [0.05, 0.1) is 18.7 Å². The zero-order chi connectivity index (χ0) is 25.5. The molecule has 3 heterocycles. The second kappa shape index (κ2) is 12.4. The third kappa shape index (κ3) is 6.65. The van der Waals surface area contributed by atoms with Crippen molar-refractivity contribution in [1.29, 1.82) is 0 Å². The molecular weight excluding hydrogens is 454 g/mol. The normalized spacial score (nSPS) is 19.4. The van der Waals surface area contributed by atoms with Crippen LogP contribution >= 0.6 is 0 Å². The number of carboxylic acid groups (broad SMARTS) is 1. The van der Waals surface area contributed by atoms with Gasteiger partial charge in [0.1, 0.15) is 5.75 Å². The van der Waals surface area contributed by atoms with E-state index in [1.165, 1.54) is 5.69 Å². The molecule has 3 aromatic rings. The Morgan fingerprint density at radius 2 is 2.08 bits per heavy atom. The van der Waals surface area contributed by atoms with Crippen molar-refractivity contribution in [3.05, 3.63) is 60.0 Å². The highest BCUT2D eigenvalue weighted by atomic mass is 16.5. The molecular formula is C29H39N3O4. The molecule has 3 atom stereocenters. The lowest BCUT2D eigenvalue weighted by Crippen LogP contribution is -2.41. The summed E-state index contributed by atoms with van der Waals surface area (Å²) in [6, 6.07) is 11.9. The number of benzene rings is 1. The maximum Gasteiger partial charge on any atom is 0.303 e. The number of aryl methyl sites for hydroxylation is 2. The summed E-state index contributed by atoms with van der Waals surface area (Å²) >= 11 is 0. The van der Waals surface area contributed by atoms with Crippen molar-refractivity contribution < 1.29 is 19.7 Å². The van der Waals surface area contributed by atoms with Gasteiger partial charge in [-0.1, -0.05) is 0 Å². The first kappa shape index (κ1) is 26.2. The molecule has 4 rings (SSSR count). The van der Waals surface area contributed by atoms with Crippen molar-refractivity contribution in [3.8, 4) is 5.75 Å². The summed E-state index contributed by atoms with van der Waals surface area (Å²) in [5, 5.41) is 21.3. The largest absolute Gasteiger partial charge is 0.497 e. The van der Waals surface area contributed by atoms with Crippen molar-refractivity contribution in [2.24, 2.45) is 18.9 Å². The summed E-state index contributed by atoms with van der Waals surface area (Å²) in [7, 11) is 3.72. The molecule has 0 spiro atoms. The van der Waals surface area contributed by atoms with Gasteiger partial charge in [0.25, 0.3) is 0 Å². The SMILES string of the molecule is COc1ccc2nccc(C(O)CC[C@@H]3CCN(CCCc4cccn4C)C[C@@H]3CCC(=O)O)c2c1. The van der Waals surface area contributed by atoms with Crippen LogP contribution in [0, 0.1) is 11.8 Å². The Morgan fingerprint density at radius 3 is 2.83 bits per heavy atom. The number of methoxy groups -OCH3 is 1. The van der Waals surface area contributed by atoms with Gasteiger partial charge in [-0.25, -0.2) is 0 Å². The standard InChI is InChI=1S/C29H39N3O4/c1-31-16-3-5-23(31)6-4-17-32-18-14-21(22(20-32)8-12-29(34)35)7-11-28(33)25-13-15-30-27-10-9-24(36-2)19-26(25)27/h3,5,9-10,13,15-16,19,21-22,28,33H,4,6-8,11-12,14,17-18,20H2,1-2H3,(H,34,35)/t21-,22+,28?/m1/s1. The number of carbonyl (C=O) groups is 1. The summed E-state index contributed by atoms with van der Waals surface area (Å²) in [6.07, 6.45) is 8.88. The van der Waals surface area contributed by atoms with Crippen LogP contribution in [0.1, 0.15) is 55.9 Å². The van der Waals surface area contributed by atoms with Crippen LogP contribution in [-0.2, 0) is 18.3 Å². The van der Waals surface area contributed by atoms with Gasteiger partial charge in [-0.05, 0) is 105 Å². The van der Waals surface area contributed by atoms with Crippen LogP contribution in [-0.4, -0.2) is 57.4 Å². The number of likely N-dealkylation sites (tertiary alicyclic amines) is 1. The molecule has 1 aliphatic heterocycles. The highest BCUT2D eigenvalue weighted by molar-refractivity contribution is 5.83. The predicted octanol–water partition coefficient (Wildman–Crippen LogP) is 4.83. The molecule has 7 nitrogen and oxygen atoms in total. The van der Waals surface area contributed by atoms with Gasteiger partial charge < -0.3 is 24.4 Å². The lowest BCUT2D eigenvalue weighted by Gasteiger charge is -2.39. The Kier molecular flexibility index (Phi) is 8.99. The Morgan fingerprint density at radius 1 is 1.22 bits per heavy atom. The van der Waals surface area contributed by atoms with E-state index in [9.17, 15) is 15.0 Å². The molecule has 7 heteroatoms. The van der Waals surface area contributed by atoms with E-state index in [2.05, 4.69) is 39.8 Å². The van der Waals surface area contributed by atoms with E-state index in [0.29, 0.717) is 24.7 Å². The second-order valence-corrected chi connectivity index (χ2v) is 10.1. The van der Waals surface area contributed by atoms with Crippen LogP contribution < -0.4 is 4.74 Å². The first-order valence-corrected chi connectivity index (χ1v) is 13.1. The summed E-state index contributed by atoms with van der Waals surface area (Å²) < 4.78 is 7.55. The summed E-state index contributed by atoms with van der Waals surface area (Å²) in [5.74, 6) is 0.779. The molecule has 1 aliphatic rings. The minimum atomic E-state index is -0.730. The fourth-order valence-corrected chi connectivity index (χ4v) is 5.71. The van der Waals surface area contributed by atoms with E-state index in [1.807, 2.05) is 24.3 Å². The fraction of sp³-hybridized carbons (Fsp3) is 0.517. The van der Waals surface area contributed by atoms with Crippen LogP contribution in [0.15, 0.2) is 48.8 Å². The zero-order valence-corrected chi connectivity index (χ0v) is 21.5. The van der Waals surface area contributed by atoms with Gasteiger partial charge in [-0.2, -0.15) is 0 Å². The number of ether oxygens (including phenoxy) is 1. The first-order valence-electron chi connectivity index (χ1n) is 13.1. The smallest absolute Gasteiger partial charge is 0.303 e. The number of hydrogen-bond donors (Lipinski definition) is 2. The highest BCUT2D eigenvalue weighted by Crippen LogP contribution is 2.35.